The molecule has 2 heterocycles. The highest BCUT2D eigenvalue weighted by Gasteiger charge is 1.97. The SMILES string of the molecule is Cc1ccc(Br)c2cccn12. The minimum absolute atomic E-state index is 1.15. The van der Waals surface area contributed by atoms with Gasteiger partial charge in [-0.1, -0.05) is 0 Å². The van der Waals surface area contributed by atoms with E-state index in [1.807, 2.05) is 6.07 Å². The van der Waals surface area contributed by atoms with Crippen LogP contribution in [0, 0.1) is 6.92 Å². The Bertz CT molecular complexity index is 353. The van der Waals surface area contributed by atoms with E-state index in [1.54, 1.807) is 0 Å². The molecule has 0 N–H and O–H groups in total. The van der Waals surface area contributed by atoms with E-state index in [0.29, 0.717) is 0 Å². The molecule has 2 aromatic heterocycles. The van der Waals surface area contributed by atoms with Gasteiger partial charge in [0.2, 0.25) is 0 Å². The van der Waals surface area contributed by atoms with Gasteiger partial charge in [-0.3, -0.25) is 0 Å². The van der Waals surface area contributed by atoms with Crippen LogP contribution in [-0.2, 0) is 0 Å². The van der Waals surface area contributed by atoms with Crippen LogP contribution in [0.1, 0.15) is 5.69 Å². The fourth-order valence-corrected chi connectivity index (χ4v) is 1.70. The van der Waals surface area contributed by atoms with Crippen LogP contribution in [0.4, 0.5) is 0 Å². The van der Waals surface area contributed by atoms with Gasteiger partial charge in [0.15, 0.2) is 0 Å². The highest BCUT2D eigenvalue weighted by molar-refractivity contribution is 9.10. The van der Waals surface area contributed by atoms with Crippen molar-refractivity contribution in [1.82, 2.24) is 4.40 Å². The molecule has 0 amide bonds. The van der Waals surface area contributed by atoms with Gasteiger partial charge in [0, 0.05) is 16.4 Å². The van der Waals surface area contributed by atoms with Gasteiger partial charge in [0.25, 0.3) is 0 Å². The molecule has 0 aromatic carbocycles. The molecule has 0 aliphatic carbocycles. The monoisotopic (exact) mass is 209 g/mol. The zero-order valence-corrected chi connectivity index (χ0v) is 7.80. The fourth-order valence-electron chi connectivity index (χ4n) is 1.24. The molecular formula is C9H8BrN. The minimum atomic E-state index is 1.15. The lowest BCUT2D eigenvalue weighted by molar-refractivity contribution is 1.10. The lowest BCUT2D eigenvalue weighted by atomic mass is 10.3. The Morgan fingerprint density at radius 2 is 2.09 bits per heavy atom. The van der Waals surface area contributed by atoms with E-state index in [1.165, 1.54) is 11.2 Å². The van der Waals surface area contributed by atoms with Crippen molar-refractivity contribution in [3.05, 3.63) is 40.6 Å². The van der Waals surface area contributed by atoms with Crippen LogP contribution >= 0.6 is 15.9 Å². The molecule has 2 aromatic rings. The normalized spacial score (nSPS) is 10.7. The second-order valence-electron chi connectivity index (χ2n) is 2.59. The lowest BCUT2D eigenvalue weighted by Gasteiger charge is -2.00. The van der Waals surface area contributed by atoms with Crippen molar-refractivity contribution in [2.45, 2.75) is 6.92 Å². The zero-order chi connectivity index (χ0) is 7.84. The van der Waals surface area contributed by atoms with Crippen molar-refractivity contribution in [2.75, 3.05) is 0 Å². The van der Waals surface area contributed by atoms with E-state index in [-0.39, 0.29) is 0 Å². The summed E-state index contributed by atoms with van der Waals surface area (Å²) in [5.41, 5.74) is 2.48. The van der Waals surface area contributed by atoms with Gasteiger partial charge in [-0.15, -0.1) is 0 Å². The molecule has 0 spiro atoms. The summed E-state index contributed by atoms with van der Waals surface area (Å²) in [5, 5.41) is 0. The van der Waals surface area contributed by atoms with Crippen LogP contribution < -0.4 is 0 Å². The van der Waals surface area contributed by atoms with Gasteiger partial charge in [-0.25, -0.2) is 0 Å². The Balaban J connectivity index is 2.96. The second kappa shape index (κ2) is 2.38. The zero-order valence-electron chi connectivity index (χ0n) is 6.21. The van der Waals surface area contributed by atoms with E-state index >= 15 is 0 Å². The Labute approximate surface area is 73.8 Å². The predicted molar refractivity (Wildman–Crippen MR) is 49.8 cm³/mol. The summed E-state index contributed by atoms with van der Waals surface area (Å²) in [6.45, 7) is 2.10. The maximum absolute atomic E-state index is 3.49. The predicted octanol–water partition coefficient (Wildman–Crippen LogP) is 3.01. The minimum Gasteiger partial charge on any atom is -0.320 e. The number of halogens is 1. The average Bonchev–Trinajstić information content (AvgIpc) is 2.45. The number of nitrogens with zero attached hydrogens (tertiary/aromatic N) is 1. The molecule has 0 aliphatic heterocycles. The molecule has 0 saturated heterocycles. The molecule has 0 bridgehead atoms. The molecular weight excluding hydrogens is 202 g/mol. The van der Waals surface area contributed by atoms with Gasteiger partial charge in [0.05, 0.1) is 5.52 Å². The molecule has 11 heavy (non-hydrogen) atoms. The summed E-state index contributed by atoms with van der Waals surface area (Å²) in [4.78, 5) is 0. The van der Waals surface area contributed by atoms with Gasteiger partial charge in [0.1, 0.15) is 0 Å². The third-order valence-electron chi connectivity index (χ3n) is 1.84. The quantitative estimate of drug-likeness (QED) is 0.629. The van der Waals surface area contributed by atoms with Crippen molar-refractivity contribution >= 4 is 21.4 Å². The van der Waals surface area contributed by atoms with E-state index in [9.17, 15) is 0 Å². The number of fused-ring (bicyclic) bond motifs is 1. The van der Waals surface area contributed by atoms with Crippen molar-refractivity contribution in [3.63, 3.8) is 0 Å². The first-order valence-electron chi connectivity index (χ1n) is 3.51. The highest BCUT2D eigenvalue weighted by atomic mass is 79.9. The molecule has 56 valence electrons. The summed E-state index contributed by atoms with van der Waals surface area (Å²) >= 11 is 3.49. The van der Waals surface area contributed by atoms with Gasteiger partial charge in [-0.05, 0) is 47.1 Å². The molecule has 2 heteroatoms. The maximum atomic E-state index is 3.49. The molecule has 0 aliphatic rings. The Morgan fingerprint density at radius 1 is 1.27 bits per heavy atom. The van der Waals surface area contributed by atoms with Crippen LogP contribution in [0.2, 0.25) is 0 Å². The topological polar surface area (TPSA) is 4.41 Å². The van der Waals surface area contributed by atoms with Gasteiger partial charge in [-0.2, -0.15) is 0 Å². The van der Waals surface area contributed by atoms with Crippen molar-refractivity contribution in [2.24, 2.45) is 0 Å². The number of aryl methyl sites for hydroxylation is 1. The molecule has 0 saturated carbocycles. The molecule has 1 nitrogen and oxygen atoms in total. The maximum Gasteiger partial charge on any atom is 0.0594 e. The smallest absolute Gasteiger partial charge is 0.0594 e. The van der Waals surface area contributed by atoms with E-state index in [4.69, 9.17) is 0 Å². The van der Waals surface area contributed by atoms with Crippen LogP contribution in [0.15, 0.2) is 34.9 Å². The first-order valence-corrected chi connectivity index (χ1v) is 4.30. The van der Waals surface area contributed by atoms with Gasteiger partial charge < -0.3 is 4.40 Å². The van der Waals surface area contributed by atoms with Crippen LogP contribution in [0.3, 0.4) is 0 Å². The number of pyridine rings is 1. The standard InChI is InChI=1S/C9H8BrN/c1-7-4-5-8(10)9-3-2-6-11(7)9/h2-6H,1H3. The highest BCUT2D eigenvalue weighted by Crippen LogP contribution is 2.19. The van der Waals surface area contributed by atoms with Crippen LogP contribution in [-0.4, -0.2) is 4.40 Å². The molecule has 0 radical (unpaired) electrons. The number of aromatic nitrogens is 1. The van der Waals surface area contributed by atoms with Crippen LogP contribution in [0.5, 0.6) is 0 Å². The van der Waals surface area contributed by atoms with Gasteiger partial charge >= 0.3 is 0 Å². The second-order valence-corrected chi connectivity index (χ2v) is 3.44. The summed E-state index contributed by atoms with van der Waals surface area (Å²) in [6.07, 6.45) is 2.06. The number of rotatable bonds is 0. The van der Waals surface area contributed by atoms with E-state index in [0.717, 1.165) is 4.47 Å². The van der Waals surface area contributed by atoms with Crippen molar-refractivity contribution in [1.29, 1.82) is 0 Å². The number of hydrogen-bond acceptors (Lipinski definition) is 0. The van der Waals surface area contributed by atoms with Crippen molar-refractivity contribution < 1.29 is 0 Å². The molecule has 0 unspecified atom stereocenters. The molecule has 2 rings (SSSR count). The largest absolute Gasteiger partial charge is 0.320 e. The van der Waals surface area contributed by atoms with Crippen LogP contribution in [0.25, 0.3) is 5.52 Å². The fraction of sp³-hybridized carbons (Fsp3) is 0.111. The lowest BCUT2D eigenvalue weighted by Crippen LogP contribution is -1.87. The Kier molecular flexibility index (Phi) is 1.50. The van der Waals surface area contributed by atoms with Crippen molar-refractivity contribution in [3.8, 4) is 0 Å². The summed E-state index contributed by atoms with van der Waals surface area (Å²) in [7, 11) is 0. The first kappa shape index (κ1) is 6.92. The third kappa shape index (κ3) is 0.979. The summed E-state index contributed by atoms with van der Waals surface area (Å²) in [6, 6.07) is 8.31. The Hall–Kier alpha value is -0.760. The summed E-state index contributed by atoms with van der Waals surface area (Å²) < 4.78 is 3.30. The van der Waals surface area contributed by atoms with E-state index < -0.39 is 0 Å². The number of hydrogen-bond donors (Lipinski definition) is 0. The first-order chi connectivity index (χ1) is 5.29. The van der Waals surface area contributed by atoms with E-state index in [2.05, 4.69) is 51.7 Å². The Morgan fingerprint density at radius 3 is 2.82 bits per heavy atom. The summed E-state index contributed by atoms with van der Waals surface area (Å²) in [5.74, 6) is 0. The molecule has 0 fully saturated rings. The molecule has 0 atom stereocenters. The average molecular weight is 210 g/mol. The third-order valence-corrected chi connectivity index (χ3v) is 2.51.